The molecule has 0 fully saturated rings. The molecule has 166 valence electrons. The molecule has 1 unspecified atom stereocenters. The van der Waals surface area contributed by atoms with Crippen molar-refractivity contribution in [2.75, 3.05) is 13.1 Å². The Bertz CT molecular complexity index is 542. The molecule has 0 saturated heterocycles. The summed E-state index contributed by atoms with van der Waals surface area (Å²) in [4.78, 5) is 55.1. The van der Waals surface area contributed by atoms with Crippen LogP contribution in [0.2, 0.25) is 0 Å². The van der Waals surface area contributed by atoms with E-state index in [1.165, 1.54) is 0 Å². The van der Waals surface area contributed by atoms with Crippen LogP contribution in [0.4, 0.5) is 0 Å². The zero-order valence-corrected chi connectivity index (χ0v) is 16.5. The lowest BCUT2D eigenvalue weighted by Gasteiger charge is -2.13. The lowest BCUT2D eigenvalue weighted by atomic mass is 10.1. The maximum absolute atomic E-state index is 11.8. The van der Waals surface area contributed by atoms with Crippen molar-refractivity contribution >= 4 is 30.2 Å². The highest BCUT2D eigenvalue weighted by Gasteiger charge is 2.16. The molecular formula is C18H32N4O7. The van der Waals surface area contributed by atoms with E-state index >= 15 is 0 Å². The number of rotatable bonds is 18. The molecule has 0 aliphatic rings. The van der Waals surface area contributed by atoms with Crippen molar-refractivity contribution in [2.24, 2.45) is 5.73 Å². The van der Waals surface area contributed by atoms with E-state index < -0.39 is 24.0 Å². The monoisotopic (exact) mass is 416 g/mol. The maximum Gasteiger partial charge on any atom is 0.326 e. The van der Waals surface area contributed by atoms with Gasteiger partial charge in [0.15, 0.2) is 0 Å². The first-order valence-corrected chi connectivity index (χ1v) is 9.69. The van der Waals surface area contributed by atoms with E-state index in [0.29, 0.717) is 51.6 Å². The number of aliphatic carboxylic acids is 2. The van der Waals surface area contributed by atoms with Gasteiger partial charge in [0.05, 0.1) is 0 Å². The summed E-state index contributed by atoms with van der Waals surface area (Å²) in [5.41, 5.74) is 5.80. The number of carboxylic acid groups (broad SMARTS) is 2. The van der Waals surface area contributed by atoms with Crippen LogP contribution in [-0.2, 0) is 24.0 Å². The molecular weight excluding hydrogens is 384 g/mol. The van der Waals surface area contributed by atoms with E-state index in [2.05, 4.69) is 16.0 Å². The third kappa shape index (κ3) is 16.0. The van der Waals surface area contributed by atoms with Gasteiger partial charge in [-0.1, -0.05) is 6.42 Å². The maximum atomic E-state index is 11.8. The summed E-state index contributed by atoms with van der Waals surface area (Å²) in [6.45, 7) is 0.787. The second kappa shape index (κ2) is 16.3. The first-order valence-electron chi connectivity index (χ1n) is 9.69. The van der Waals surface area contributed by atoms with Crippen LogP contribution in [0.3, 0.4) is 0 Å². The molecule has 0 aromatic rings. The molecule has 0 bridgehead atoms. The molecule has 0 rings (SSSR count). The summed E-state index contributed by atoms with van der Waals surface area (Å²) in [7, 11) is 0. The smallest absolute Gasteiger partial charge is 0.326 e. The second-order valence-electron chi connectivity index (χ2n) is 6.74. The van der Waals surface area contributed by atoms with E-state index in [1.807, 2.05) is 0 Å². The average Bonchev–Trinajstić information content (AvgIpc) is 2.62. The zero-order valence-electron chi connectivity index (χ0n) is 16.5. The van der Waals surface area contributed by atoms with Gasteiger partial charge in [-0.3, -0.25) is 19.2 Å². The Balaban J connectivity index is 3.77. The van der Waals surface area contributed by atoms with Gasteiger partial charge in [0, 0.05) is 38.4 Å². The molecule has 11 nitrogen and oxygen atoms in total. The highest BCUT2D eigenvalue weighted by molar-refractivity contribution is 5.80. The fourth-order valence-electron chi connectivity index (χ4n) is 2.56. The number of amides is 3. The lowest BCUT2D eigenvalue weighted by molar-refractivity contribution is -0.141. The lowest BCUT2D eigenvalue weighted by Crippen LogP contribution is -2.37. The summed E-state index contributed by atoms with van der Waals surface area (Å²) in [5, 5.41) is 25.0. The first-order chi connectivity index (χ1) is 13.8. The van der Waals surface area contributed by atoms with Gasteiger partial charge in [-0.15, -0.1) is 0 Å². The SMILES string of the molecule is NC(CC(=O)NCCCCCC(=O)O)CC(=O)NCCCC[C@H](NC=O)C(=O)O. The van der Waals surface area contributed by atoms with Crippen molar-refractivity contribution < 1.29 is 34.2 Å². The van der Waals surface area contributed by atoms with E-state index in [0.717, 1.165) is 0 Å². The molecule has 0 saturated carbocycles. The van der Waals surface area contributed by atoms with Gasteiger partial charge in [0.1, 0.15) is 6.04 Å². The number of carbonyl (C=O) groups is 5. The third-order valence-corrected chi connectivity index (χ3v) is 4.09. The first kappa shape index (κ1) is 26.3. The van der Waals surface area contributed by atoms with Crippen molar-refractivity contribution in [2.45, 2.75) is 69.9 Å². The molecule has 0 aliphatic carbocycles. The van der Waals surface area contributed by atoms with E-state index in [-0.39, 0.29) is 37.5 Å². The second-order valence-corrected chi connectivity index (χ2v) is 6.74. The Hall–Kier alpha value is -2.69. The van der Waals surface area contributed by atoms with Crippen molar-refractivity contribution in [1.29, 1.82) is 0 Å². The number of nitrogens with one attached hydrogen (secondary N) is 3. The summed E-state index contributed by atoms with van der Waals surface area (Å²) >= 11 is 0. The van der Waals surface area contributed by atoms with Gasteiger partial charge in [0.2, 0.25) is 18.2 Å². The van der Waals surface area contributed by atoms with Gasteiger partial charge in [-0.25, -0.2) is 4.79 Å². The van der Waals surface area contributed by atoms with E-state index in [4.69, 9.17) is 15.9 Å². The van der Waals surface area contributed by atoms with Crippen LogP contribution in [0.15, 0.2) is 0 Å². The number of hydrogen-bond acceptors (Lipinski definition) is 6. The van der Waals surface area contributed by atoms with Crippen molar-refractivity contribution in [3.8, 4) is 0 Å². The number of nitrogens with two attached hydrogens (primary N) is 1. The highest BCUT2D eigenvalue weighted by atomic mass is 16.4. The molecule has 0 radical (unpaired) electrons. The molecule has 2 atom stereocenters. The Morgan fingerprint density at radius 1 is 0.862 bits per heavy atom. The summed E-state index contributed by atoms with van der Waals surface area (Å²) < 4.78 is 0. The Labute approximate surface area is 169 Å². The van der Waals surface area contributed by atoms with E-state index in [9.17, 15) is 24.0 Å². The van der Waals surface area contributed by atoms with E-state index in [1.54, 1.807) is 0 Å². The van der Waals surface area contributed by atoms with Crippen molar-refractivity contribution in [3.05, 3.63) is 0 Å². The van der Waals surface area contributed by atoms with Crippen LogP contribution in [0.1, 0.15) is 57.8 Å². The molecule has 0 aromatic heterocycles. The average molecular weight is 416 g/mol. The number of carbonyl (C=O) groups excluding carboxylic acids is 3. The minimum atomic E-state index is -1.11. The summed E-state index contributed by atoms with van der Waals surface area (Å²) in [6, 6.07) is -1.55. The van der Waals surface area contributed by atoms with Gasteiger partial charge < -0.3 is 31.9 Å². The Morgan fingerprint density at radius 2 is 1.41 bits per heavy atom. The molecule has 0 spiro atoms. The zero-order chi connectivity index (χ0) is 22.1. The standard InChI is InChI=1S/C18H32N4O7/c19-13(10-15(24)20-8-4-1-2-7-17(26)27)11-16(25)21-9-5-3-6-14(18(28)29)22-12-23/h12-14H,1-11,19H2,(H,20,24)(H,21,25)(H,22,23)(H,26,27)(H,28,29)/t13?,14-/m0/s1. The largest absolute Gasteiger partial charge is 0.481 e. The molecule has 3 amide bonds. The quantitative estimate of drug-likeness (QED) is 0.125. The minimum Gasteiger partial charge on any atom is -0.481 e. The van der Waals surface area contributed by atoms with Crippen LogP contribution in [0.25, 0.3) is 0 Å². The summed E-state index contributed by atoms with van der Waals surface area (Å²) in [5.74, 6) is -2.49. The van der Waals surface area contributed by atoms with Crippen molar-refractivity contribution in [1.82, 2.24) is 16.0 Å². The fraction of sp³-hybridized carbons (Fsp3) is 0.722. The van der Waals surface area contributed by atoms with Gasteiger partial charge in [0.25, 0.3) is 0 Å². The van der Waals surface area contributed by atoms with Crippen LogP contribution < -0.4 is 21.7 Å². The molecule has 11 heteroatoms. The molecule has 29 heavy (non-hydrogen) atoms. The molecule has 0 aliphatic heterocycles. The molecule has 0 heterocycles. The molecule has 7 N–H and O–H groups in total. The summed E-state index contributed by atoms with van der Waals surface area (Å²) in [6.07, 6.45) is 3.75. The topological polar surface area (TPSA) is 188 Å². The number of unbranched alkanes of at least 4 members (excludes halogenated alkanes) is 3. The van der Waals surface area contributed by atoms with Crippen LogP contribution in [0, 0.1) is 0 Å². The highest BCUT2D eigenvalue weighted by Crippen LogP contribution is 2.02. The van der Waals surface area contributed by atoms with Gasteiger partial charge in [-0.2, -0.15) is 0 Å². The molecule has 0 aromatic carbocycles. The Morgan fingerprint density at radius 3 is 1.90 bits per heavy atom. The third-order valence-electron chi connectivity index (χ3n) is 4.09. The number of carboxylic acids is 2. The van der Waals surface area contributed by atoms with Crippen molar-refractivity contribution in [3.63, 3.8) is 0 Å². The Kier molecular flexibility index (Phi) is 14.8. The van der Waals surface area contributed by atoms with Crippen LogP contribution >= 0.6 is 0 Å². The number of hydrogen-bond donors (Lipinski definition) is 6. The van der Waals surface area contributed by atoms with Crippen LogP contribution in [0.5, 0.6) is 0 Å². The van der Waals surface area contributed by atoms with Gasteiger partial charge >= 0.3 is 11.9 Å². The van der Waals surface area contributed by atoms with Gasteiger partial charge in [-0.05, 0) is 32.1 Å². The minimum absolute atomic E-state index is 0.00349. The predicted octanol–water partition coefficient (Wildman–Crippen LogP) is -0.659. The normalized spacial score (nSPS) is 12.4. The fourth-order valence-corrected chi connectivity index (χ4v) is 2.56. The predicted molar refractivity (Wildman–Crippen MR) is 104 cm³/mol. The van der Waals surface area contributed by atoms with Crippen LogP contribution in [-0.4, -0.2) is 65.5 Å².